The van der Waals surface area contributed by atoms with Crippen molar-refractivity contribution in [3.63, 3.8) is 0 Å². The molecule has 0 aliphatic heterocycles. The fourth-order valence-corrected chi connectivity index (χ4v) is 5.18. The van der Waals surface area contributed by atoms with Gasteiger partial charge in [0.2, 0.25) is 0 Å². The lowest BCUT2D eigenvalue weighted by Crippen LogP contribution is -2.42. The van der Waals surface area contributed by atoms with Crippen molar-refractivity contribution in [2.45, 2.75) is 45.2 Å². The number of carboxylic acids is 1. The van der Waals surface area contributed by atoms with Crippen LogP contribution in [0.2, 0.25) is 5.02 Å². The Labute approximate surface area is 279 Å². The molecule has 0 fully saturated rings. The van der Waals surface area contributed by atoms with Crippen LogP contribution in [0.1, 0.15) is 47.8 Å². The number of hydrogen-bond acceptors (Lipinski definition) is 4. The molecule has 8 heteroatoms. The zero-order chi connectivity index (χ0) is 33.6. The predicted octanol–water partition coefficient (Wildman–Crippen LogP) is 9.27. The van der Waals surface area contributed by atoms with Gasteiger partial charge in [0.05, 0.1) is 10.6 Å². The van der Waals surface area contributed by atoms with Crippen molar-refractivity contribution in [3.8, 4) is 22.6 Å². The molecule has 0 saturated carbocycles. The fraction of sp³-hybridized carbons (Fsp3) is 0.179. The maximum absolute atomic E-state index is 14.1. The average Bonchev–Trinajstić information content (AvgIpc) is 3.06. The Morgan fingerprint density at radius 2 is 1.43 bits per heavy atom. The molecule has 5 aromatic rings. The monoisotopic (exact) mass is 650 g/mol. The minimum Gasteiger partial charge on any atom is -0.480 e. The first kappa shape index (κ1) is 33.2. The van der Waals surface area contributed by atoms with Gasteiger partial charge in [-0.1, -0.05) is 111 Å². The Morgan fingerprint density at radius 3 is 2.06 bits per heavy atom. The fourth-order valence-electron chi connectivity index (χ4n) is 5.06. The molecule has 0 radical (unpaired) electrons. The van der Waals surface area contributed by atoms with Gasteiger partial charge in [-0.2, -0.15) is 0 Å². The highest BCUT2D eigenvalue weighted by molar-refractivity contribution is 6.30. The van der Waals surface area contributed by atoms with Gasteiger partial charge in [0, 0.05) is 24.7 Å². The smallest absolute Gasteiger partial charge is 0.326 e. The summed E-state index contributed by atoms with van der Waals surface area (Å²) < 4.78 is 19.9. The molecule has 0 heterocycles. The van der Waals surface area contributed by atoms with E-state index < -0.39 is 23.7 Å². The van der Waals surface area contributed by atoms with Crippen LogP contribution in [-0.2, 0) is 23.2 Å². The molecule has 1 atom stereocenters. The minimum absolute atomic E-state index is 0.0185. The van der Waals surface area contributed by atoms with Gasteiger partial charge in [0.15, 0.2) is 0 Å². The highest BCUT2D eigenvalue weighted by atomic mass is 35.5. The van der Waals surface area contributed by atoms with Crippen LogP contribution < -0.4 is 15.4 Å². The average molecular weight is 651 g/mol. The Bertz CT molecular complexity index is 1850. The summed E-state index contributed by atoms with van der Waals surface area (Å²) in [4.78, 5) is 26.1. The molecule has 0 unspecified atom stereocenters. The van der Waals surface area contributed by atoms with Gasteiger partial charge >= 0.3 is 5.97 Å². The van der Waals surface area contributed by atoms with Crippen molar-refractivity contribution in [3.05, 3.63) is 148 Å². The number of carboxylic acid groups (broad SMARTS) is 1. The van der Waals surface area contributed by atoms with Crippen LogP contribution >= 0.6 is 11.6 Å². The summed E-state index contributed by atoms with van der Waals surface area (Å²) in [6, 6.07) is 33.4. The number of carbonyl (C=O) groups is 2. The summed E-state index contributed by atoms with van der Waals surface area (Å²) in [6.45, 7) is 6.87. The zero-order valence-corrected chi connectivity index (χ0v) is 27.1. The third-order valence-electron chi connectivity index (χ3n) is 7.77. The standard InChI is InChI=1S/C39H36ClFN2O4/c1-39(2,3)29-15-11-26(12-16-29)24-42-35-20-18-30(47-31-17-19-33(40)34(41)23-31)22-32(35)37(44)43-36(38(45)46)21-25-9-13-28(14-10-25)27-7-5-4-6-8-27/h4-20,22-23,36,42H,21,24H2,1-3H3,(H,43,44)(H,45,46)/t36-/m0/s1. The van der Waals surface area contributed by atoms with Crippen LogP contribution in [0.3, 0.4) is 0 Å². The van der Waals surface area contributed by atoms with Gasteiger partial charge in [-0.3, -0.25) is 4.79 Å². The number of amides is 1. The third-order valence-corrected chi connectivity index (χ3v) is 8.08. The van der Waals surface area contributed by atoms with Gasteiger partial charge in [0.25, 0.3) is 5.91 Å². The molecule has 240 valence electrons. The van der Waals surface area contributed by atoms with Gasteiger partial charge in [-0.05, 0) is 63.6 Å². The second kappa shape index (κ2) is 14.5. The molecular weight excluding hydrogens is 615 g/mol. The van der Waals surface area contributed by atoms with Gasteiger partial charge in [-0.15, -0.1) is 0 Å². The Hall–Kier alpha value is -5.14. The van der Waals surface area contributed by atoms with Crippen LogP contribution in [0.4, 0.5) is 10.1 Å². The molecule has 0 saturated heterocycles. The van der Waals surface area contributed by atoms with Crippen molar-refractivity contribution in [1.82, 2.24) is 5.32 Å². The lowest BCUT2D eigenvalue weighted by Gasteiger charge is -2.20. The maximum Gasteiger partial charge on any atom is 0.326 e. The number of hydrogen-bond donors (Lipinski definition) is 3. The lowest BCUT2D eigenvalue weighted by molar-refractivity contribution is -0.139. The van der Waals surface area contributed by atoms with E-state index in [1.807, 2.05) is 66.7 Å². The second-order valence-electron chi connectivity index (χ2n) is 12.3. The van der Waals surface area contributed by atoms with E-state index in [0.717, 1.165) is 28.3 Å². The topological polar surface area (TPSA) is 87.7 Å². The van der Waals surface area contributed by atoms with Crippen molar-refractivity contribution in [2.24, 2.45) is 0 Å². The van der Waals surface area contributed by atoms with E-state index in [9.17, 15) is 19.1 Å². The van der Waals surface area contributed by atoms with Crippen LogP contribution in [0, 0.1) is 5.82 Å². The number of halogens is 2. The molecule has 0 aromatic heterocycles. The van der Waals surface area contributed by atoms with Crippen LogP contribution in [0.5, 0.6) is 11.5 Å². The zero-order valence-electron chi connectivity index (χ0n) is 26.4. The SMILES string of the molecule is CC(C)(C)c1ccc(CNc2ccc(Oc3ccc(Cl)c(F)c3)cc2C(=O)N[C@@H](Cc2ccc(-c3ccccc3)cc2)C(=O)O)cc1. The van der Waals surface area contributed by atoms with E-state index in [0.29, 0.717) is 12.2 Å². The quantitative estimate of drug-likeness (QED) is 0.133. The molecule has 3 N–H and O–H groups in total. The Balaban J connectivity index is 1.37. The molecule has 47 heavy (non-hydrogen) atoms. The molecule has 0 bridgehead atoms. The van der Waals surface area contributed by atoms with E-state index in [1.165, 1.54) is 23.8 Å². The van der Waals surface area contributed by atoms with Crippen molar-refractivity contribution >= 4 is 29.2 Å². The van der Waals surface area contributed by atoms with Crippen molar-refractivity contribution < 1.29 is 23.8 Å². The molecule has 0 aliphatic carbocycles. The van der Waals surface area contributed by atoms with Crippen LogP contribution in [0.25, 0.3) is 11.1 Å². The number of aliphatic carboxylic acids is 1. The van der Waals surface area contributed by atoms with E-state index in [2.05, 4.69) is 43.5 Å². The molecule has 0 spiro atoms. The number of nitrogens with one attached hydrogen (secondary N) is 2. The van der Waals surface area contributed by atoms with E-state index in [-0.39, 0.29) is 33.9 Å². The number of rotatable bonds is 11. The van der Waals surface area contributed by atoms with Gasteiger partial charge in [-0.25, -0.2) is 9.18 Å². The summed E-state index contributed by atoms with van der Waals surface area (Å²) in [6.07, 6.45) is 0.0826. The van der Waals surface area contributed by atoms with Crippen molar-refractivity contribution in [2.75, 3.05) is 5.32 Å². The largest absolute Gasteiger partial charge is 0.480 e. The molecule has 0 aliphatic rings. The van der Waals surface area contributed by atoms with Gasteiger partial charge in [0.1, 0.15) is 23.4 Å². The summed E-state index contributed by atoms with van der Waals surface area (Å²) in [5.41, 5.74) is 5.70. The summed E-state index contributed by atoms with van der Waals surface area (Å²) >= 11 is 5.82. The van der Waals surface area contributed by atoms with E-state index in [1.54, 1.807) is 12.1 Å². The molecule has 5 rings (SSSR count). The number of carbonyl (C=O) groups excluding carboxylic acids is 1. The number of anilines is 1. The third kappa shape index (κ3) is 8.77. The maximum atomic E-state index is 14.1. The van der Waals surface area contributed by atoms with Crippen LogP contribution in [0.15, 0.2) is 115 Å². The summed E-state index contributed by atoms with van der Waals surface area (Å²) in [5.74, 6) is -1.95. The normalized spacial score (nSPS) is 11.9. The highest BCUT2D eigenvalue weighted by Crippen LogP contribution is 2.30. The Kier molecular flexibility index (Phi) is 10.3. The van der Waals surface area contributed by atoms with E-state index in [4.69, 9.17) is 16.3 Å². The number of ether oxygens (including phenoxy) is 1. The summed E-state index contributed by atoms with van der Waals surface area (Å²) in [5, 5.41) is 16.0. The van der Waals surface area contributed by atoms with Crippen molar-refractivity contribution in [1.29, 1.82) is 0 Å². The second-order valence-corrected chi connectivity index (χ2v) is 12.7. The first-order valence-corrected chi connectivity index (χ1v) is 15.6. The minimum atomic E-state index is -1.20. The number of benzene rings is 5. The molecule has 6 nitrogen and oxygen atoms in total. The van der Waals surface area contributed by atoms with Crippen LogP contribution in [-0.4, -0.2) is 23.0 Å². The first-order chi connectivity index (χ1) is 22.5. The Morgan fingerprint density at radius 1 is 0.809 bits per heavy atom. The predicted molar refractivity (Wildman–Crippen MR) is 185 cm³/mol. The lowest BCUT2D eigenvalue weighted by atomic mass is 9.87. The highest BCUT2D eigenvalue weighted by Gasteiger charge is 2.23. The van der Waals surface area contributed by atoms with E-state index >= 15 is 0 Å². The van der Waals surface area contributed by atoms with Gasteiger partial charge < -0.3 is 20.5 Å². The first-order valence-electron chi connectivity index (χ1n) is 15.2. The molecule has 1 amide bonds. The summed E-state index contributed by atoms with van der Waals surface area (Å²) in [7, 11) is 0. The molecule has 5 aromatic carbocycles. The molecular formula is C39H36ClFN2O4.